The highest BCUT2D eigenvalue weighted by atomic mass is 32.2. The predicted molar refractivity (Wildman–Crippen MR) is 202 cm³/mol. The molecule has 0 fully saturated rings. The maximum atomic E-state index is 14.6. The zero-order valence-corrected chi connectivity index (χ0v) is 31.5. The molecule has 2 amide bonds. The number of halogens is 1. The second-order valence-corrected chi connectivity index (χ2v) is 16.2. The third-order valence-corrected chi connectivity index (χ3v) is 12.9. The van der Waals surface area contributed by atoms with Gasteiger partial charge in [0.15, 0.2) is 5.69 Å². The Morgan fingerprint density at radius 1 is 1.00 bits per heavy atom. The molecular formula is C39H44FN5O5S2. The van der Waals surface area contributed by atoms with Crippen molar-refractivity contribution in [2.24, 2.45) is 0 Å². The average Bonchev–Trinajstić information content (AvgIpc) is 3.69. The zero-order chi connectivity index (χ0) is 37.2. The van der Waals surface area contributed by atoms with Crippen LogP contribution in [0.25, 0.3) is 15.8 Å². The van der Waals surface area contributed by atoms with E-state index in [4.69, 9.17) is 5.10 Å². The summed E-state index contributed by atoms with van der Waals surface area (Å²) in [6, 6.07) is 17.8. The Morgan fingerprint density at radius 3 is 2.40 bits per heavy atom. The van der Waals surface area contributed by atoms with Crippen molar-refractivity contribution in [3.8, 4) is 5.69 Å². The van der Waals surface area contributed by atoms with Crippen LogP contribution in [0.5, 0.6) is 0 Å². The second kappa shape index (κ2) is 15.6. The third kappa shape index (κ3) is 7.48. The quantitative estimate of drug-likeness (QED) is 0.131. The molecule has 10 nitrogen and oxygen atoms in total. The van der Waals surface area contributed by atoms with E-state index in [0.717, 1.165) is 48.1 Å². The molecule has 2 N–H and O–H groups in total. The Labute approximate surface area is 307 Å². The number of benzene rings is 3. The number of amides is 2. The van der Waals surface area contributed by atoms with E-state index in [0.29, 0.717) is 46.5 Å². The SMILES string of the molecule is CCCCN(CCCC)C(=O)c1cc(C)n(-c2ccc(NS(=O)(=O)c3sc4ccc(F)cc4c3C)cc2C(=O)N2Cc3ccccc3C[C@H]2CO)n1. The lowest BCUT2D eigenvalue weighted by atomic mass is 9.93. The number of hydrogen-bond acceptors (Lipinski definition) is 7. The average molecular weight is 746 g/mol. The summed E-state index contributed by atoms with van der Waals surface area (Å²) < 4.78 is 46.5. The molecule has 0 radical (unpaired) electrons. The van der Waals surface area contributed by atoms with Crippen LogP contribution < -0.4 is 4.72 Å². The van der Waals surface area contributed by atoms with Gasteiger partial charge in [0, 0.05) is 35.7 Å². The number of rotatable bonds is 13. The zero-order valence-electron chi connectivity index (χ0n) is 29.9. The van der Waals surface area contributed by atoms with Gasteiger partial charge in [-0.05, 0) is 97.7 Å². The van der Waals surface area contributed by atoms with Crippen molar-refractivity contribution in [2.45, 2.75) is 76.6 Å². The van der Waals surface area contributed by atoms with Crippen molar-refractivity contribution in [2.75, 3.05) is 24.4 Å². The number of aliphatic hydroxyl groups is 1. The molecule has 3 aromatic carbocycles. The number of thiophene rings is 1. The first-order valence-corrected chi connectivity index (χ1v) is 20.0. The molecule has 0 bridgehead atoms. The molecule has 6 rings (SSSR count). The van der Waals surface area contributed by atoms with Gasteiger partial charge >= 0.3 is 0 Å². The topological polar surface area (TPSA) is 125 Å². The van der Waals surface area contributed by atoms with Crippen molar-refractivity contribution in [1.29, 1.82) is 0 Å². The van der Waals surface area contributed by atoms with Crippen LogP contribution >= 0.6 is 11.3 Å². The number of nitrogens with one attached hydrogen (secondary N) is 1. The lowest BCUT2D eigenvalue weighted by Gasteiger charge is -2.36. The van der Waals surface area contributed by atoms with Crippen molar-refractivity contribution < 1.29 is 27.5 Å². The summed E-state index contributed by atoms with van der Waals surface area (Å²) in [6.07, 6.45) is 4.09. The van der Waals surface area contributed by atoms with Gasteiger partial charge in [0.25, 0.3) is 21.8 Å². The minimum absolute atomic E-state index is 0.0415. The van der Waals surface area contributed by atoms with Gasteiger partial charge in [-0.2, -0.15) is 5.10 Å². The second-order valence-electron chi connectivity index (χ2n) is 13.3. The molecule has 0 unspecified atom stereocenters. The largest absolute Gasteiger partial charge is 0.394 e. The van der Waals surface area contributed by atoms with Crippen LogP contribution in [0.3, 0.4) is 0 Å². The number of hydrogen-bond donors (Lipinski definition) is 2. The van der Waals surface area contributed by atoms with Gasteiger partial charge in [-0.1, -0.05) is 51.0 Å². The molecule has 1 aliphatic rings. The third-order valence-electron chi connectivity index (χ3n) is 9.59. The molecule has 3 heterocycles. The minimum atomic E-state index is -4.15. The van der Waals surface area contributed by atoms with Crippen LogP contribution in [-0.2, 0) is 23.0 Å². The van der Waals surface area contributed by atoms with Gasteiger partial charge in [0.2, 0.25) is 0 Å². The summed E-state index contributed by atoms with van der Waals surface area (Å²) in [6.45, 7) is 8.82. The maximum absolute atomic E-state index is 14.6. The van der Waals surface area contributed by atoms with Crippen LogP contribution in [0.1, 0.15) is 82.8 Å². The molecule has 0 aliphatic carbocycles. The van der Waals surface area contributed by atoms with E-state index < -0.39 is 27.8 Å². The van der Waals surface area contributed by atoms with Gasteiger partial charge in [-0.25, -0.2) is 17.5 Å². The van der Waals surface area contributed by atoms with Crippen LogP contribution in [-0.4, -0.2) is 70.7 Å². The molecule has 0 saturated heterocycles. The number of sulfonamides is 1. The first-order valence-electron chi connectivity index (χ1n) is 17.7. The summed E-state index contributed by atoms with van der Waals surface area (Å²) >= 11 is 1.04. The number of nitrogens with zero attached hydrogens (tertiary/aromatic N) is 4. The van der Waals surface area contributed by atoms with Crippen LogP contribution in [0.2, 0.25) is 0 Å². The van der Waals surface area contributed by atoms with Gasteiger partial charge < -0.3 is 14.9 Å². The highest BCUT2D eigenvalue weighted by Gasteiger charge is 2.33. The summed E-state index contributed by atoms with van der Waals surface area (Å²) in [5, 5.41) is 15.6. The molecular weight excluding hydrogens is 702 g/mol. The Balaban J connectivity index is 1.42. The number of anilines is 1. The van der Waals surface area contributed by atoms with Crippen molar-refractivity contribution >= 4 is 48.9 Å². The predicted octanol–water partition coefficient (Wildman–Crippen LogP) is 7.25. The number of unbranched alkanes of at least 4 members (excludes halogenated alkanes) is 2. The molecule has 1 aliphatic heterocycles. The fourth-order valence-electron chi connectivity index (χ4n) is 6.72. The lowest BCUT2D eigenvalue weighted by molar-refractivity contribution is 0.0544. The molecule has 1 atom stereocenters. The van der Waals surface area contributed by atoms with Gasteiger partial charge in [0.05, 0.1) is 23.9 Å². The number of carbonyl (C=O) groups excluding carboxylic acids is 2. The monoisotopic (exact) mass is 745 g/mol. The number of aryl methyl sites for hydroxylation is 2. The molecule has 5 aromatic rings. The normalized spacial score (nSPS) is 14.4. The smallest absolute Gasteiger partial charge is 0.274 e. The van der Waals surface area contributed by atoms with E-state index in [-0.39, 0.29) is 40.2 Å². The van der Waals surface area contributed by atoms with Crippen molar-refractivity contribution in [1.82, 2.24) is 19.6 Å². The molecule has 13 heteroatoms. The lowest BCUT2D eigenvalue weighted by Crippen LogP contribution is -2.46. The van der Waals surface area contributed by atoms with Crippen molar-refractivity contribution in [3.63, 3.8) is 0 Å². The van der Waals surface area contributed by atoms with Gasteiger partial charge in [-0.3, -0.25) is 14.3 Å². The molecule has 52 heavy (non-hydrogen) atoms. The van der Waals surface area contributed by atoms with Crippen LogP contribution in [0, 0.1) is 19.7 Å². The van der Waals surface area contributed by atoms with E-state index in [1.807, 2.05) is 29.2 Å². The van der Waals surface area contributed by atoms with E-state index in [9.17, 15) is 27.5 Å². The Morgan fingerprint density at radius 2 is 1.71 bits per heavy atom. The van der Waals surface area contributed by atoms with Gasteiger partial charge in [0.1, 0.15) is 10.0 Å². The number of carbonyl (C=O) groups is 2. The van der Waals surface area contributed by atoms with E-state index >= 15 is 0 Å². The standard InChI is InChI=1S/C39H44FN5O5S2/c1-5-7-17-43(18-8-6-2)38(48)34-19-25(3)45(41-34)35-15-14-30(42-52(49,50)39-26(4)32-21-29(40)13-16-36(32)51-39)22-33(35)37(47)44-23-28-12-10-9-11-27(28)20-31(44)24-46/h9-16,19,21-22,31,42,46H,5-8,17-18,20,23-24H2,1-4H3/t31-/m0/s1. The first-order chi connectivity index (χ1) is 24.9. The van der Waals surface area contributed by atoms with E-state index in [2.05, 4.69) is 18.6 Å². The van der Waals surface area contributed by atoms with Crippen molar-refractivity contribution in [3.05, 3.63) is 106 Å². The highest BCUT2D eigenvalue weighted by molar-refractivity contribution is 7.94. The fourth-order valence-corrected chi connectivity index (χ4v) is 9.52. The number of aliphatic hydroxyl groups excluding tert-OH is 1. The summed E-state index contributed by atoms with van der Waals surface area (Å²) in [5.41, 5.74) is 3.95. The van der Waals surface area contributed by atoms with Gasteiger partial charge in [-0.15, -0.1) is 11.3 Å². The highest BCUT2D eigenvalue weighted by Crippen LogP contribution is 2.36. The summed E-state index contributed by atoms with van der Waals surface area (Å²) in [5.74, 6) is -1.07. The maximum Gasteiger partial charge on any atom is 0.274 e. The molecule has 0 saturated carbocycles. The summed E-state index contributed by atoms with van der Waals surface area (Å²) in [7, 11) is -4.15. The number of fused-ring (bicyclic) bond motifs is 2. The Bertz CT molecular complexity index is 2220. The first kappa shape index (κ1) is 37.2. The Hall–Kier alpha value is -4.59. The molecule has 274 valence electrons. The van der Waals surface area contributed by atoms with Crippen LogP contribution in [0.15, 0.2) is 70.9 Å². The number of aromatic nitrogens is 2. The van der Waals surface area contributed by atoms with E-state index in [1.54, 1.807) is 47.7 Å². The fraction of sp³-hybridized carbons (Fsp3) is 0.359. The molecule has 0 spiro atoms. The van der Waals surface area contributed by atoms with E-state index in [1.165, 1.54) is 18.2 Å². The summed E-state index contributed by atoms with van der Waals surface area (Å²) in [4.78, 5) is 31.8. The Kier molecular flexibility index (Phi) is 11.1. The minimum Gasteiger partial charge on any atom is -0.394 e. The molecule has 2 aromatic heterocycles. The van der Waals surface area contributed by atoms with Crippen LogP contribution in [0.4, 0.5) is 10.1 Å².